The highest BCUT2D eigenvalue weighted by Crippen LogP contribution is 2.29. The highest BCUT2D eigenvalue weighted by Gasteiger charge is 2.27. The Labute approximate surface area is 201 Å². The summed E-state index contributed by atoms with van der Waals surface area (Å²) in [4.78, 5) is 26.8. The van der Waals surface area contributed by atoms with Crippen LogP contribution >= 0.6 is 11.6 Å². The minimum Gasteiger partial charge on any atom is -0.377 e. The average Bonchev–Trinajstić information content (AvgIpc) is 2.83. The van der Waals surface area contributed by atoms with Crippen molar-refractivity contribution >= 4 is 23.4 Å². The van der Waals surface area contributed by atoms with E-state index in [1.54, 1.807) is 5.48 Å². The molecule has 33 heavy (non-hydrogen) atoms. The van der Waals surface area contributed by atoms with E-state index in [1.165, 1.54) is 0 Å². The van der Waals surface area contributed by atoms with Crippen LogP contribution in [0.3, 0.4) is 0 Å². The minimum atomic E-state index is -0.504. The van der Waals surface area contributed by atoms with Crippen LogP contribution in [0.5, 0.6) is 0 Å². The molecular formula is C26H35ClN2O4. The van der Waals surface area contributed by atoms with Crippen LogP contribution in [-0.2, 0) is 16.0 Å². The number of halogens is 1. The number of ether oxygens (including phenoxy) is 1. The molecule has 2 aromatic carbocycles. The molecule has 0 spiro atoms. The summed E-state index contributed by atoms with van der Waals surface area (Å²) in [6, 6.07) is 15.1. The van der Waals surface area contributed by atoms with Gasteiger partial charge in [0.25, 0.3) is 5.91 Å². The van der Waals surface area contributed by atoms with Gasteiger partial charge < -0.3 is 9.64 Å². The van der Waals surface area contributed by atoms with Crippen molar-refractivity contribution in [1.82, 2.24) is 10.4 Å². The van der Waals surface area contributed by atoms with Crippen LogP contribution in [0, 0.1) is 0 Å². The number of rotatable bonds is 13. The molecule has 7 heteroatoms. The maximum absolute atomic E-state index is 13.0. The smallest absolute Gasteiger partial charge is 0.253 e. The summed E-state index contributed by atoms with van der Waals surface area (Å²) in [6.45, 7) is 7.90. The normalized spacial score (nSPS) is 12.8. The lowest BCUT2D eigenvalue weighted by molar-refractivity contribution is -0.132. The molecule has 0 radical (unpaired) electrons. The molecule has 0 unspecified atom stereocenters. The molecule has 0 aliphatic carbocycles. The van der Waals surface area contributed by atoms with Crippen molar-refractivity contribution in [2.75, 3.05) is 19.7 Å². The number of hydrogen-bond donors (Lipinski definition) is 2. The molecule has 0 aromatic heterocycles. The first-order chi connectivity index (χ1) is 15.9. The lowest BCUT2D eigenvalue weighted by Crippen LogP contribution is -2.33. The van der Waals surface area contributed by atoms with Gasteiger partial charge in [-0.3, -0.25) is 14.8 Å². The van der Waals surface area contributed by atoms with Crippen molar-refractivity contribution in [2.45, 2.75) is 58.5 Å². The molecule has 2 amide bonds. The number of benzene rings is 2. The highest BCUT2D eigenvalue weighted by atomic mass is 35.5. The van der Waals surface area contributed by atoms with Gasteiger partial charge in [-0.1, -0.05) is 49.7 Å². The third-order valence-electron chi connectivity index (χ3n) is 5.57. The number of hydroxylamine groups is 1. The predicted molar refractivity (Wildman–Crippen MR) is 131 cm³/mol. The Morgan fingerprint density at radius 1 is 1.00 bits per heavy atom. The fraction of sp³-hybridized carbons (Fsp3) is 0.462. The number of hydrogen-bond acceptors (Lipinski definition) is 4. The molecule has 180 valence electrons. The van der Waals surface area contributed by atoms with E-state index in [1.807, 2.05) is 60.4 Å². The van der Waals surface area contributed by atoms with E-state index in [0.717, 1.165) is 37.1 Å². The first-order valence-electron chi connectivity index (χ1n) is 11.6. The van der Waals surface area contributed by atoms with Gasteiger partial charge in [-0.25, -0.2) is 5.48 Å². The van der Waals surface area contributed by atoms with Crippen molar-refractivity contribution in [3.63, 3.8) is 0 Å². The quantitative estimate of drug-likeness (QED) is 0.308. The van der Waals surface area contributed by atoms with Gasteiger partial charge in [-0.05, 0) is 61.6 Å². The maximum atomic E-state index is 13.0. The molecular weight excluding hydrogens is 440 g/mol. The van der Waals surface area contributed by atoms with Crippen LogP contribution in [0.4, 0.5) is 0 Å². The molecule has 0 saturated carbocycles. The standard InChI is InChI=1S/C26H35ClN2O4/c1-4-15-29(16-5-2)26(31)21-11-9-20(10-12-21)23(17-19-7-13-22(27)14-8-19)24(33-6-3)18-25(30)28-32/h7-14,23-24,32H,4-6,15-18H2,1-3H3,(H,28,30)/t23-,24-/m1/s1. The van der Waals surface area contributed by atoms with Gasteiger partial charge in [0, 0.05) is 36.2 Å². The molecule has 2 atom stereocenters. The van der Waals surface area contributed by atoms with Crippen LogP contribution in [0.1, 0.15) is 67.4 Å². The molecule has 0 aliphatic rings. The number of nitrogens with zero attached hydrogens (tertiary/aromatic N) is 1. The summed E-state index contributed by atoms with van der Waals surface area (Å²) >= 11 is 6.04. The van der Waals surface area contributed by atoms with Crippen LogP contribution in [0.15, 0.2) is 48.5 Å². The Morgan fingerprint density at radius 3 is 2.12 bits per heavy atom. The Morgan fingerprint density at radius 2 is 1.61 bits per heavy atom. The van der Waals surface area contributed by atoms with Crippen LogP contribution in [-0.4, -0.2) is 47.7 Å². The lowest BCUT2D eigenvalue weighted by Gasteiger charge is -2.28. The largest absolute Gasteiger partial charge is 0.377 e. The fourth-order valence-corrected chi connectivity index (χ4v) is 4.13. The minimum absolute atomic E-state index is 0.0179. The van der Waals surface area contributed by atoms with Gasteiger partial charge in [-0.15, -0.1) is 0 Å². The zero-order valence-electron chi connectivity index (χ0n) is 19.7. The summed E-state index contributed by atoms with van der Waals surface area (Å²) in [5.74, 6) is -0.633. The lowest BCUT2D eigenvalue weighted by atomic mass is 9.85. The summed E-state index contributed by atoms with van der Waals surface area (Å²) in [7, 11) is 0. The number of nitrogens with one attached hydrogen (secondary N) is 1. The van der Waals surface area contributed by atoms with Gasteiger partial charge in [0.15, 0.2) is 0 Å². The third kappa shape index (κ3) is 8.14. The number of amides is 2. The molecule has 0 fully saturated rings. The van der Waals surface area contributed by atoms with E-state index >= 15 is 0 Å². The van der Waals surface area contributed by atoms with Gasteiger partial charge in [0.1, 0.15) is 0 Å². The first-order valence-corrected chi connectivity index (χ1v) is 12.0. The van der Waals surface area contributed by atoms with E-state index in [-0.39, 0.29) is 18.2 Å². The van der Waals surface area contributed by atoms with E-state index in [2.05, 4.69) is 13.8 Å². The van der Waals surface area contributed by atoms with Crippen molar-refractivity contribution in [3.05, 3.63) is 70.2 Å². The average molecular weight is 475 g/mol. The van der Waals surface area contributed by atoms with E-state index in [9.17, 15) is 9.59 Å². The summed E-state index contributed by atoms with van der Waals surface area (Å²) in [5, 5.41) is 9.70. The molecule has 0 saturated heterocycles. The van der Waals surface area contributed by atoms with Crippen LogP contribution in [0.25, 0.3) is 0 Å². The molecule has 2 aromatic rings. The topological polar surface area (TPSA) is 78.9 Å². The van der Waals surface area contributed by atoms with Gasteiger partial charge in [0.2, 0.25) is 5.91 Å². The first kappa shape index (κ1) is 26.8. The monoisotopic (exact) mass is 474 g/mol. The molecule has 0 bridgehead atoms. The summed E-state index contributed by atoms with van der Waals surface area (Å²) < 4.78 is 5.93. The Kier molecular flexibility index (Phi) is 11.4. The predicted octanol–water partition coefficient (Wildman–Crippen LogP) is 5.23. The number of carbonyl (C=O) groups excluding carboxylic acids is 2. The summed E-state index contributed by atoms with van der Waals surface area (Å²) in [5.41, 5.74) is 4.36. The van der Waals surface area contributed by atoms with Crippen LogP contribution < -0.4 is 5.48 Å². The molecule has 2 rings (SSSR count). The zero-order valence-corrected chi connectivity index (χ0v) is 20.5. The summed E-state index contributed by atoms with van der Waals surface area (Å²) in [6.07, 6.45) is 2.01. The van der Waals surface area contributed by atoms with Crippen molar-refractivity contribution in [1.29, 1.82) is 0 Å². The van der Waals surface area contributed by atoms with Crippen molar-refractivity contribution < 1.29 is 19.5 Å². The van der Waals surface area contributed by atoms with Gasteiger partial charge in [0.05, 0.1) is 12.5 Å². The van der Waals surface area contributed by atoms with Crippen molar-refractivity contribution in [3.8, 4) is 0 Å². The molecule has 2 N–H and O–H groups in total. The van der Waals surface area contributed by atoms with Gasteiger partial charge in [-0.2, -0.15) is 0 Å². The van der Waals surface area contributed by atoms with E-state index in [0.29, 0.717) is 23.6 Å². The molecule has 6 nitrogen and oxygen atoms in total. The zero-order chi connectivity index (χ0) is 24.2. The maximum Gasteiger partial charge on any atom is 0.253 e. The van der Waals surface area contributed by atoms with Gasteiger partial charge >= 0.3 is 0 Å². The molecule has 0 aliphatic heterocycles. The van der Waals surface area contributed by atoms with E-state index < -0.39 is 12.0 Å². The van der Waals surface area contributed by atoms with Crippen LogP contribution in [0.2, 0.25) is 5.02 Å². The highest BCUT2D eigenvalue weighted by molar-refractivity contribution is 6.30. The van der Waals surface area contributed by atoms with Crippen molar-refractivity contribution in [2.24, 2.45) is 0 Å². The Hall–Kier alpha value is -2.41. The second-order valence-electron chi connectivity index (χ2n) is 8.08. The van der Waals surface area contributed by atoms with E-state index in [4.69, 9.17) is 21.5 Å². The SMILES string of the molecule is CCCN(CCC)C(=O)c1ccc([C@@H](Cc2ccc(Cl)cc2)[C@@H](CC(=O)NO)OCC)cc1. The second kappa shape index (κ2) is 14.0. The Bertz CT molecular complexity index is 865. The third-order valence-corrected chi connectivity index (χ3v) is 5.82. The fourth-order valence-electron chi connectivity index (χ4n) is 4.01. The molecule has 0 heterocycles. The number of carbonyl (C=O) groups is 2. The second-order valence-corrected chi connectivity index (χ2v) is 8.52. The Balaban J connectivity index is 2.35.